The molecule has 0 aromatic rings. The van der Waals surface area contributed by atoms with Crippen molar-refractivity contribution in [2.45, 2.75) is 37.6 Å². The first-order chi connectivity index (χ1) is 6.15. The second-order valence-electron chi connectivity index (χ2n) is 3.09. The van der Waals surface area contributed by atoms with Crippen LogP contribution in [0.15, 0.2) is 0 Å². The van der Waals surface area contributed by atoms with E-state index in [-0.39, 0.29) is 10.9 Å². The van der Waals surface area contributed by atoms with Gasteiger partial charge in [0, 0.05) is 12.4 Å². The molecule has 0 fully saturated rings. The van der Waals surface area contributed by atoms with E-state index in [1.165, 1.54) is 0 Å². The summed E-state index contributed by atoms with van der Waals surface area (Å²) in [4.78, 5) is 2.18. The third kappa shape index (κ3) is 6.01. The normalized spacial score (nSPS) is 16.2. The Morgan fingerprint density at radius 2 is 1.85 bits per heavy atom. The minimum Gasteiger partial charge on any atom is -0.286 e. The molecular weight excluding hydrogens is 228 g/mol. The van der Waals surface area contributed by atoms with Gasteiger partial charge in [0.1, 0.15) is 0 Å². The summed E-state index contributed by atoms with van der Waals surface area (Å²) in [6.07, 6.45) is 2.03. The first kappa shape index (κ1) is 13.8. The van der Waals surface area contributed by atoms with Gasteiger partial charge in [-0.2, -0.15) is 0 Å². The van der Waals surface area contributed by atoms with Crippen LogP contribution >= 0.6 is 34.8 Å². The van der Waals surface area contributed by atoms with Gasteiger partial charge in [0.15, 0.2) is 0 Å². The number of hydrogen-bond acceptors (Lipinski definition) is 1. The third-order valence-corrected chi connectivity index (χ3v) is 3.25. The predicted molar refractivity (Wildman–Crippen MR) is 62.2 cm³/mol. The molecular formula is C9H18Cl3N. The summed E-state index contributed by atoms with van der Waals surface area (Å²) in [6, 6.07) is 0. The zero-order valence-corrected chi connectivity index (χ0v) is 10.5. The highest BCUT2D eigenvalue weighted by molar-refractivity contribution is 6.28. The molecule has 0 N–H and O–H groups in total. The molecule has 2 unspecified atom stereocenters. The average molecular weight is 247 g/mol. The van der Waals surface area contributed by atoms with Crippen LogP contribution < -0.4 is 0 Å². The van der Waals surface area contributed by atoms with E-state index in [2.05, 4.69) is 18.7 Å². The lowest BCUT2D eigenvalue weighted by Gasteiger charge is -2.27. The molecule has 0 bridgehead atoms. The minimum atomic E-state index is 0.000941. The zero-order valence-electron chi connectivity index (χ0n) is 8.27. The molecule has 80 valence electrons. The highest BCUT2D eigenvalue weighted by atomic mass is 35.5. The highest BCUT2D eigenvalue weighted by Gasteiger charge is 2.16. The lowest BCUT2D eigenvalue weighted by Crippen LogP contribution is -2.37. The molecule has 0 aliphatic carbocycles. The Balaban J connectivity index is 3.92. The Labute approximate surface area is 96.3 Å². The van der Waals surface area contributed by atoms with Crippen molar-refractivity contribution in [3.8, 4) is 0 Å². The van der Waals surface area contributed by atoms with E-state index in [4.69, 9.17) is 34.8 Å². The van der Waals surface area contributed by atoms with E-state index in [1.54, 1.807) is 0 Å². The van der Waals surface area contributed by atoms with Crippen LogP contribution in [0.4, 0.5) is 0 Å². The molecule has 0 aliphatic heterocycles. The summed E-state index contributed by atoms with van der Waals surface area (Å²) in [6.45, 7) is 5.98. The lowest BCUT2D eigenvalue weighted by atomic mass is 10.3. The molecule has 4 heteroatoms. The summed E-state index contributed by atoms with van der Waals surface area (Å²) in [7, 11) is 0. The van der Waals surface area contributed by atoms with Crippen LogP contribution in [0.3, 0.4) is 0 Å². The minimum absolute atomic E-state index is 0.000941. The number of rotatable bonds is 7. The number of nitrogens with zero attached hydrogens (tertiary/aromatic N) is 1. The van der Waals surface area contributed by atoms with Crippen LogP contribution in [-0.2, 0) is 0 Å². The largest absolute Gasteiger partial charge is 0.286 e. The zero-order chi connectivity index (χ0) is 10.3. The van der Waals surface area contributed by atoms with E-state index in [0.29, 0.717) is 5.88 Å². The fourth-order valence-corrected chi connectivity index (χ4v) is 1.65. The van der Waals surface area contributed by atoms with Crippen molar-refractivity contribution in [3.63, 3.8) is 0 Å². The summed E-state index contributed by atoms with van der Waals surface area (Å²) in [5, 5.41) is 0.000941. The number of hydrogen-bond donors (Lipinski definition) is 0. The Hall–Kier alpha value is 0.830. The topological polar surface area (TPSA) is 3.24 Å². The van der Waals surface area contributed by atoms with Crippen LogP contribution in [0, 0.1) is 0 Å². The Morgan fingerprint density at radius 3 is 2.23 bits per heavy atom. The van der Waals surface area contributed by atoms with Gasteiger partial charge in [-0.15, -0.1) is 34.8 Å². The highest BCUT2D eigenvalue weighted by Crippen LogP contribution is 2.12. The second-order valence-corrected chi connectivity index (χ2v) is 4.52. The molecule has 0 aromatic carbocycles. The van der Waals surface area contributed by atoms with Gasteiger partial charge in [0.25, 0.3) is 0 Å². The van der Waals surface area contributed by atoms with Gasteiger partial charge in [-0.25, -0.2) is 0 Å². The van der Waals surface area contributed by atoms with Gasteiger partial charge in [-0.05, 0) is 19.4 Å². The van der Waals surface area contributed by atoms with Crippen LogP contribution in [0.1, 0.15) is 26.7 Å². The molecule has 0 aromatic heterocycles. The first-order valence-corrected chi connectivity index (χ1v) is 6.14. The Bertz CT molecular complexity index is 121. The number of alkyl halides is 3. The molecule has 1 nitrogen and oxygen atoms in total. The van der Waals surface area contributed by atoms with Crippen LogP contribution in [0.25, 0.3) is 0 Å². The molecule has 13 heavy (non-hydrogen) atoms. The van der Waals surface area contributed by atoms with E-state index >= 15 is 0 Å². The predicted octanol–water partition coefficient (Wildman–Crippen LogP) is 3.52. The van der Waals surface area contributed by atoms with Gasteiger partial charge in [0.05, 0.1) is 10.9 Å². The molecule has 0 aliphatic rings. The summed E-state index contributed by atoms with van der Waals surface area (Å²) in [5.41, 5.74) is 0.0874. The molecule has 0 saturated carbocycles. The van der Waals surface area contributed by atoms with Crippen molar-refractivity contribution in [2.24, 2.45) is 0 Å². The molecule has 0 amide bonds. The Morgan fingerprint density at radius 1 is 1.23 bits per heavy atom. The monoisotopic (exact) mass is 245 g/mol. The second kappa shape index (κ2) is 8.16. The third-order valence-electron chi connectivity index (χ3n) is 1.84. The first-order valence-electron chi connectivity index (χ1n) is 4.73. The fraction of sp³-hybridized carbons (Fsp3) is 1.00. The molecule has 2 atom stereocenters. The van der Waals surface area contributed by atoms with Gasteiger partial charge in [0.2, 0.25) is 0 Å². The van der Waals surface area contributed by atoms with E-state index in [9.17, 15) is 0 Å². The van der Waals surface area contributed by atoms with Crippen molar-refractivity contribution in [2.75, 3.05) is 19.0 Å². The smallest absolute Gasteiger partial charge is 0.0848 e. The van der Waals surface area contributed by atoms with Crippen LogP contribution in [-0.4, -0.2) is 34.7 Å². The van der Waals surface area contributed by atoms with Crippen molar-refractivity contribution >= 4 is 34.8 Å². The molecule has 0 heterocycles. The van der Waals surface area contributed by atoms with Crippen molar-refractivity contribution in [1.29, 1.82) is 0 Å². The molecule has 0 rings (SSSR count). The van der Waals surface area contributed by atoms with Gasteiger partial charge in [-0.1, -0.05) is 13.8 Å². The van der Waals surface area contributed by atoms with Crippen molar-refractivity contribution in [3.05, 3.63) is 0 Å². The van der Waals surface area contributed by atoms with Gasteiger partial charge >= 0.3 is 0 Å². The molecule has 0 radical (unpaired) electrons. The van der Waals surface area contributed by atoms with Crippen molar-refractivity contribution < 1.29 is 0 Å². The lowest BCUT2D eigenvalue weighted by molar-refractivity contribution is 0.250. The summed E-state index contributed by atoms with van der Waals surface area (Å²) < 4.78 is 0. The average Bonchev–Trinajstić information content (AvgIpc) is 2.15. The van der Waals surface area contributed by atoms with Crippen molar-refractivity contribution in [1.82, 2.24) is 4.90 Å². The maximum absolute atomic E-state index is 6.14. The van der Waals surface area contributed by atoms with E-state index in [0.717, 1.165) is 25.9 Å². The maximum Gasteiger partial charge on any atom is 0.0848 e. The number of halogens is 3. The van der Waals surface area contributed by atoms with E-state index < -0.39 is 0 Å². The maximum atomic E-state index is 6.14. The fourth-order valence-electron chi connectivity index (χ4n) is 1.19. The summed E-state index contributed by atoms with van der Waals surface area (Å²) in [5.74, 6) is 0.481. The van der Waals surface area contributed by atoms with Crippen LogP contribution in [0.2, 0.25) is 0 Å². The Kier molecular flexibility index (Phi) is 8.69. The van der Waals surface area contributed by atoms with Gasteiger partial charge in [-0.3, -0.25) is 4.90 Å². The van der Waals surface area contributed by atoms with E-state index in [1.807, 2.05) is 0 Å². The standard InChI is InChI=1S/C9H18Cl3N/c1-3-5-13(9(12)4-2)7-8(11)6-10/h8-9H,3-7H2,1-2H3. The SMILES string of the molecule is CCCN(CC(Cl)CCl)C(Cl)CC. The molecule has 0 saturated heterocycles. The quantitative estimate of drug-likeness (QED) is 0.491. The molecule has 0 spiro atoms. The van der Waals surface area contributed by atoms with Gasteiger partial charge < -0.3 is 0 Å². The summed E-state index contributed by atoms with van der Waals surface area (Å²) >= 11 is 17.7. The van der Waals surface area contributed by atoms with Crippen LogP contribution in [0.5, 0.6) is 0 Å².